The highest BCUT2D eigenvalue weighted by Crippen LogP contribution is 2.26. The summed E-state index contributed by atoms with van der Waals surface area (Å²) < 4.78 is 18.4. The van der Waals surface area contributed by atoms with E-state index >= 15 is 0 Å². The lowest BCUT2D eigenvalue weighted by Crippen LogP contribution is -2.02. The van der Waals surface area contributed by atoms with Gasteiger partial charge < -0.3 is 9.84 Å². The molecule has 1 N–H and O–H groups in total. The number of hydrogen-bond donors (Lipinski definition) is 1. The Kier molecular flexibility index (Phi) is 4.76. The van der Waals surface area contributed by atoms with Crippen LogP contribution < -0.4 is 4.74 Å². The van der Waals surface area contributed by atoms with Crippen LogP contribution in [0.5, 0.6) is 5.75 Å². The normalized spacial score (nSPS) is 12.2. The predicted molar refractivity (Wildman–Crippen MR) is 72.9 cm³/mol. The molecule has 0 fully saturated rings. The van der Waals surface area contributed by atoms with Gasteiger partial charge in [-0.05, 0) is 29.8 Å². The number of thioether (sulfide) groups is 1. The first-order valence-electron chi connectivity index (χ1n) is 5.76. The molecule has 1 heterocycles. The molecule has 0 saturated carbocycles. The van der Waals surface area contributed by atoms with Gasteiger partial charge in [-0.2, -0.15) is 0 Å². The van der Waals surface area contributed by atoms with E-state index in [0.29, 0.717) is 11.3 Å². The molecule has 0 bridgehead atoms. The van der Waals surface area contributed by atoms with Crippen LogP contribution >= 0.6 is 11.8 Å². The molecule has 1 aromatic carbocycles. The van der Waals surface area contributed by atoms with Gasteiger partial charge in [-0.25, -0.2) is 9.37 Å². The maximum absolute atomic E-state index is 13.5. The van der Waals surface area contributed by atoms with Crippen molar-refractivity contribution in [2.75, 3.05) is 12.9 Å². The van der Waals surface area contributed by atoms with Crippen LogP contribution in [0, 0.1) is 5.82 Å². The molecule has 0 aliphatic carbocycles. The van der Waals surface area contributed by atoms with Gasteiger partial charge in [-0.3, -0.25) is 0 Å². The number of pyridine rings is 1. The number of aliphatic hydroxyl groups excluding tert-OH is 1. The molecule has 5 heteroatoms. The van der Waals surface area contributed by atoms with E-state index in [1.807, 2.05) is 18.2 Å². The zero-order chi connectivity index (χ0) is 13.7. The highest BCUT2D eigenvalue weighted by Gasteiger charge is 2.11. The van der Waals surface area contributed by atoms with Crippen LogP contribution in [0.2, 0.25) is 0 Å². The predicted octanol–water partition coefficient (Wildman–Crippen LogP) is 3.06. The fraction of sp³-hybridized carbons (Fsp3) is 0.214. The molecule has 100 valence electrons. The number of benzene rings is 1. The van der Waals surface area contributed by atoms with E-state index < -0.39 is 11.9 Å². The van der Waals surface area contributed by atoms with Crippen molar-refractivity contribution in [2.24, 2.45) is 0 Å². The van der Waals surface area contributed by atoms with Gasteiger partial charge in [0.25, 0.3) is 0 Å². The molecular weight excluding hydrogens is 265 g/mol. The third kappa shape index (κ3) is 3.68. The van der Waals surface area contributed by atoms with Crippen LogP contribution in [-0.2, 0) is 0 Å². The number of halogens is 1. The van der Waals surface area contributed by atoms with Crippen LogP contribution in [0.3, 0.4) is 0 Å². The van der Waals surface area contributed by atoms with Crippen molar-refractivity contribution in [3.8, 4) is 5.75 Å². The van der Waals surface area contributed by atoms with Gasteiger partial charge in [0.2, 0.25) is 0 Å². The molecule has 2 aromatic rings. The van der Waals surface area contributed by atoms with Gasteiger partial charge in [0.05, 0.1) is 18.2 Å². The largest absolute Gasteiger partial charge is 0.494 e. The molecular formula is C14H14FNO2S. The Hall–Kier alpha value is -1.59. The highest BCUT2D eigenvalue weighted by molar-refractivity contribution is 7.99. The van der Waals surface area contributed by atoms with Gasteiger partial charge in [-0.1, -0.05) is 12.1 Å². The standard InChI is InChI=1S/C14H14FNO2S/c1-18-13-6-5-10(8-11(13)15)12(17)9-19-14-4-2-3-7-16-14/h2-8,12,17H,9H2,1H3/t12-/m1/s1. The third-order valence-corrected chi connectivity index (χ3v) is 3.61. The zero-order valence-electron chi connectivity index (χ0n) is 10.4. The van der Waals surface area contributed by atoms with E-state index in [2.05, 4.69) is 4.98 Å². The molecule has 0 saturated heterocycles. The average molecular weight is 279 g/mol. The first-order chi connectivity index (χ1) is 9.20. The second-order valence-electron chi connectivity index (χ2n) is 3.89. The van der Waals surface area contributed by atoms with E-state index in [1.54, 1.807) is 12.3 Å². The number of rotatable bonds is 5. The Balaban J connectivity index is 2.00. The Morgan fingerprint density at radius 1 is 1.37 bits per heavy atom. The van der Waals surface area contributed by atoms with Gasteiger partial charge in [0, 0.05) is 11.9 Å². The SMILES string of the molecule is COc1ccc([C@H](O)CSc2ccccn2)cc1F. The van der Waals surface area contributed by atoms with Crippen molar-refractivity contribution in [3.63, 3.8) is 0 Å². The van der Waals surface area contributed by atoms with Gasteiger partial charge in [0.15, 0.2) is 11.6 Å². The summed E-state index contributed by atoms with van der Waals surface area (Å²) >= 11 is 1.42. The Morgan fingerprint density at radius 3 is 2.84 bits per heavy atom. The minimum atomic E-state index is -0.743. The van der Waals surface area contributed by atoms with Crippen LogP contribution in [0.1, 0.15) is 11.7 Å². The van der Waals surface area contributed by atoms with E-state index in [4.69, 9.17) is 4.74 Å². The lowest BCUT2D eigenvalue weighted by molar-refractivity contribution is 0.203. The number of methoxy groups -OCH3 is 1. The number of nitrogens with zero attached hydrogens (tertiary/aromatic N) is 1. The summed E-state index contributed by atoms with van der Waals surface area (Å²) in [4.78, 5) is 4.15. The third-order valence-electron chi connectivity index (χ3n) is 2.59. The zero-order valence-corrected chi connectivity index (χ0v) is 11.2. The number of aromatic nitrogens is 1. The number of aliphatic hydroxyl groups is 1. The molecule has 0 aliphatic rings. The fourth-order valence-electron chi connectivity index (χ4n) is 1.58. The number of ether oxygens (including phenoxy) is 1. The maximum Gasteiger partial charge on any atom is 0.165 e. The summed E-state index contributed by atoms with van der Waals surface area (Å²) in [6.45, 7) is 0. The monoisotopic (exact) mass is 279 g/mol. The van der Waals surface area contributed by atoms with E-state index in [0.717, 1.165) is 5.03 Å². The van der Waals surface area contributed by atoms with Crippen molar-refractivity contribution < 1.29 is 14.2 Å². The molecule has 0 unspecified atom stereocenters. The first kappa shape index (κ1) is 13.8. The van der Waals surface area contributed by atoms with Gasteiger partial charge in [0.1, 0.15) is 0 Å². The van der Waals surface area contributed by atoms with Crippen molar-refractivity contribution in [3.05, 3.63) is 54.0 Å². The van der Waals surface area contributed by atoms with E-state index in [1.165, 1.54) is 31.0 Å². The molecule has 1 aromatic heterocycles. The number of hydrogen-bond acceptors (Lipinski definition) is 4. The van der Waals surface area contributed by atoms with Crippen LogP contribution in [0.15, 0.2) is 47.6 Å². The smallest absolute Gasteiger partial charge is 0.165 e. The summed E-state index contributed by atoms with van der Waals surface area (Å²) in [6.07, 6.45) is 0.953. The fourth-order valence-corrected chi connectivity index (χ4v) is 2.41. The Labute approximate surface area is 115 Å². The van der Waals surface area contributed by atoms with E-state index in [-0.39, 0.29) is 5.75 Å². The summed E-state index contributed by atoms with van der Waals surface area (Å²) in [5, 5.41) is 10.8. The van der Waals surface area contributed by atoms with Crippen molar-refractivity contribution >= 4 is 11.8 Å². The lowest BCUT2D eigenvalue weighted by Gasteiger charge is -2.11. The van der Waals surface area contributed by atoms with Gasteiger partial charge in [-0.15, -0.1) is 11.8 Å². The maximum atomic E-state index is 13.5. The molecule has 0 radical (unpaired) electrons. The summed E-state index contributed by atoms with van der Waals surface area (Å²) in [5.74, 6) is 0.123. The summed E-state index contributed by atoms with van der Waals surface area (Å²) in [6, 6.07) is 10.0. The minimum Gasteiger partial charge on any atom is -0.494 e. The molecule has 3 nitrogen and oxygen atoms in total. The van der Waals surface area contributed by atoms with Crippen molar-refractivity contribution in [2.45, 2.75) is 11.1 Å². The van der Waals surface area contributed by atoms with E-state index in [9.17, 15) is 9.50 Å². The van der Waals surface area contributed by atoms with Crippen molar-refractivity contribution in [1.29, 1.82) is 0 Å². The van der Waals surface area contributed by atoms with Crippen molar-refractivity contribution in [1.82, 2.24) is 4.98 Å². The summed E-state index contributed by atoms with van der Waals surface area (Å²) in [7, 11) is 1.41. The molecule has 0 aliphatic heterocycles. The topological polar surface area (TPSA) is 42.4 Å². The average Bonchev–Trinajstić information content (AvgIpc) is 2.45. The molecule has 19 heavy (non-hydrogen) atoms. The first-order valence-corrected chi connectivity index (χ1v) is 6.74. The second-order valence-corrected chi connectivity index (χ2v) is 4.93. The molecule has 0 spiro atoms. The van der Waals surface area contributed by atoms with Crippen LogP contribution in [0.4, 0.5) is 4.39 Å². The second kappa shape index (κ2) is 6.54. The quantitative estimate of drug-likeness (QED) is 0.854. The molecule has 1 atom stereocenters. The lowest BCUT2D eigenvalue weighted by atomic mass is 10.1. The van der Waals surface area contributed by atoms with Crippen LogP contribution in [0.25, 0.3) is 0 Å². The molecule has 0 amide bonds. The highest BCUT2D eigenvalue weighted by atomic mass is 32.2. The Bertz CT molecular complexity index is 536. The molecule has 2 rings (SSSR count). The Morgan fingerprint density at radius 2 is 2.21 bits per heavy atom. The van der Waals surface area contributed by atoms with Crippen LogP contribution in [-0.4, -0.2) is 23.0 Å². The summed E-state index contributed by atoms with van der Waals surface area (Å²) in [5.41, 5.74) is 0.529. The minimum absolute atomic E-state index is 0.174. The van der Waals surface area contributed by atoms with Gasteiger partial charge >= 0.3 is 0 Å².